The highest BCUT2D eigenvalue weighted by Crippen LogP contribution is 2.15. The third-order valence-electron chi connectivity index (χ3n) is 2.98. The van der Waals surface area contributed by atoms with Crippen molar-refractivity contribution in [3.8, 4) is 0 Å². The van der Waals surface area contributed by atoms with Crippen molar-refractivity contribution in [2.75, 3.05) is 6.61 Å². The predicted molar refractivity (Wildman–Crippen MR) is 76.8 cm³/mol. The summed E-state index contributed by atoms with van der Waals surface area (Å²) in [5, 5.41) is 0. The lowest BCUT2D eigenvalue weighted by Crippen LogP contribution is -2.20. The topological polar surface area (TPSA) is 52.6 Å². The second-order valence-electron chi connectivity index (χ2n) is 4.49. The van der Waals surface area contributed by atoms with Gasteiger partial charge in [0.2, 0.25) is 0 Å². The van der Waals surface area contributed by atoms with Crippen molar-refractivity contribution >= 4 is 11.9 Å². The molecule has 1 unspecified atom stereocenters. The molecule has 4 heteroatoms. The van der Waals surface area contributed by atoms with Gasteiger partial charge in [-0.2, -0.15) is 0 Å². The van der Waals surface area contributed by atoms with Crippen molar-refractivity contribution < 1.29 is 19.1 Å². The highest BCUT2D eigenvalue weighted by atomic mass is 16.5. The average molecular weight is 278 g/mol. The van der Waals surface area contributed by atoms with E-state index in [1.54, 1.807) is 31.2 Å². The summed E-state index contributed by atoms with van der Waals surface area (Å²) in [4.78, 5) is 24.0. The van der Waals surface area contributed by atoms with E-state index in [2.05, 4.69) is 0 Å². The van der Waals surface area contributed by atoms with Gasteiger partial charge in [-0.05, 0) is 31.9 Å². The Balaban J connectivity index is 2.89. The number of hydrogen-bond donors (Lipinski definition) is 0. The third-order valence-corrected chi connectivity index (χ3v) is 2.98. The number of hydrogen-bond acceptors (Lipinski definition) is 4. The predicted octanol–water partition coefficient (Wildman–Crippen LogP) is 3.60. The highest BCUT2D eigenvalue weighted by molar-refractivity contribution is 6.03. The molecule has 4 nitrogen and oxygen atoms in total. The van der Waals surface area contributed by atoms with Crippen LogP contribution in [0, 0.1) is 0 Å². The van der Waals surface area contributed by atoms with Gasteiger partial charge in [0, 0.05) is 0 Å². The summed E-state index contributed by atoms with van der Waals surface area (Å²) >= 11 is 0. The molecule has 0 radical (unpaired) electrons. The molecule has 0 bridgehead atoms. The van der Waals surface area contributed by atoms with Crippen LogP contribution < -0.4 is 0 Å². The summed E-state index contributed by atoms with van der Waals surface area (Å²) < 4.78 is 10.4. The van der Waals surface area contributed by atoms with Crippen LogP contribution in [0.5, 0.6) is 0 Å². The maximum Gasteiger partial charge on any atom is 0.339 e. The molecule has 0 aliphatic rings. The molecular formula is C16H22O4. The van der Waals surface area contributed by atoms with E-state index >= 15 is 0 Å². The molecule has 1 rings (SSSR count). The van der Waals surface area contributed by atoms with Crippen molar-refractivity contribution in [3.63, 3.8) is 0 Å². The fourth-order valence-electron chi connectivity index (χ4n) is 1.93. The van der Waals surface area contributed by atoms with Crippen LogP contribution in [0.1, 0.15) is 60.7 Å². The molecule has 0 spiro atoms. The van der Waals surface area contributed by atoms with Crippen LogP contribution in [0.25, 0.3) is 0 Å². The van der Waals surface area contributed by atoms with Gasteiger partial charge in [-0.3, -0.25) is 0 Å². The fraction of sp³-hybridized carbons (Fsp3) is 0.500. The number of carbonyl (C=O) groups excluding carboxylic acids is 2. The molecule has 1 aromatic carbocycles. The van der Waals surface area contributed by atoms with E-state index in [0.717, 1.165) is 19.3 Å². The Kier molecular flexibility index (Phi) is 6.77. The zero-order valence-corrected chi connectivity index (χ0v) is 12.3. The van der Waals surface area contributed by atoms with Crippen LogP contribution in [0.4, 0.5) is 0 Å². The highest BCUT2D eigenvalue weighted by Gasteiger charge is 2.20. The van der Waals surface area contributed by atoms with Gasteiger partial charge in [-0.25, -0.2) is 9.59 Å². The molecule has 0 heterocycles. The molecule has 0 aliphatic carbocycles. The van der Waals surface area contributed by atoms with Crippen molar-refractivity contribution in [2.45, 2.75) is 46.1 Å². The summed E-state index contributed by atoms with van der Waals surface area (Å²) in [5.74, 6) is -0.961. The van der Waals surface area contributed by atoms with Crippen molar-refractivity contribution in [3.05, 3.63) is 35.4 Å². The van der Waals surface area contributed by atoms with E-state index in [-0.39, 0.29) is 23.8 Å². The Morgan fingerprint density at radius 2 is 1.65 bits per heavy atom. The molecule has 0 saturated heterocycles. The first-order chi connectivity index (χ1) is 9.63. The molecule has 0 fully saturated rings. The molecule has 1 atom stereocenters. The SMILES string of the molecule is CCCC(CC)OC(=O)c1ccccc1C(=O)OCC. The summed E-state index contributed by atoms with van der Waals surface area (Å²) in [6.07, 6.45) is 2.43. The maximum absolute atomic E-state index is 12.2. The monoisotopic (exact) mass is 278 g/mol. The molecule has 0 saturated carbocycles. The minimum absolute atomic E-state index is 0.109. The van der Waals surface area contributed by atoms with Gasteiger partial charge >= 0.3 is 11.9 Å². The summed E-state index contributed by atoms with van der Waals surface area (Å²) in [6.45, 7) is 6.02. The van der Waals surface area contributed by atoms with E-state index < -0.39 is 11.9 Å². The zero-order valence-electron chi connectivity index (χ0n) is 12.3. The summed E-state index contributed by atoms with van der Waals surface area (Å²) in [5.41, 5.74) is 0.520. The first kappa shape index (κ1) is 16.2. The Hall–Kier alpha value is -1.84. The van der Waals surface area contributed by atoms with Crippen LogP contribution in [0.15, 0.2) is 24.3 Å². The van der Waals surface area contributed by atoms with Gasteiger partial charge < -0.3 is 9.47 Å². The average Bonchev–Trinajstić information content (AvgIpc) is 2.46. The van der Waals surface area contributed by atoms with Gasteiger partial charge in [0.05, 0.1) is 17.7 Å². The second kappa shape index (κ2) is 8.35. The van der Waals surface area contributed by atoms with E-state index in [1.807, 2.05) is 13.8 Å². The smallest absolute Gasteiger partial charge is 0.339 e. The van der Waals surface area contributed by atoms with Gasteiger partial charge in [-0.15, -0.1) is 0 Å². The largest absolute Gasteiger partial charge is 0.462 e. The van der Waals surface area contributed by atoms with E-state index in [4.69, 9.17) is 9.47 Å². The number of carbonyl (C=O) groups is 2. The lowest BCUT2D eigenvalue weighted by atomic mass is 10.1. The standard InChI is InChI=1S/C16H22O4/c1-4-9-12(5-2)20-16(18)14-11-8-7-10-13(14)15(17)19-6-3/h7-8,10-12H,4-6,9H2,1-3H3. The van der Waals surface area contributed by atoms with Crippen LogP contribution in [0.3, 0.4) is 0 Å². The number of benzene rings is 1. The van der Waals surface area contributed by atoms with Gasteiger partial charge in [0.25, 0.3) is 0 Å². The first-order valence-corrected chi connectivity index (χ1v) is 7.11. The minimum atomic E-state index is -0.497. The first-order valence-electron chi connectivity index (χ1n) is 7.11. The second-order valence-corrected chi connectivity index (χ2v) is 4.49. The van der Waals surface area contributed by atoms with Gasteiger partial charge in [0.1, 0.15) is 6.10 Å². The molecule has 0 aromatic heterocycles. The molecule has 110 valence electrons. The number of esters is 2. The minimum Gasteiger partial charge on any atom is -0.462 e. The molecule has 1 aromatic rings. The van der Waals surface area contributed by atoms with Crippen molar-refractivity contribution in [2.24, 2.45) is 0 Å². The van der Waals surface area contributed by atoms with Crippen LogP contribution in [-0.4, -0.2) is 24.6 Å². The third kappa shape index (κ3) is 4.37. The number of ether oxygens (including phenoxy) is 2. The van der Waals surface area contributed by atoms with Crippen molar-refractivity contribution in [1.29, 1.82) is 0 Å². The molecule has 0 N–H and O–H groups in total. The molecular weight excluding hydrogens is 256 g/mol. The van der Waals surface area contributed by atoms with Crippen molar-refractivity contribution in [1.82, 2.24) is 0 Å². The number of rotatable bonds is 7. The maximum atomic E-state index is 12.2. The normalized spacial score (nSPS) is 11.8. The van der Waals surface area contributed by atoms with Gasteiger partial charge in [0.15, 0.2) is 0 Å². The Morgan fingerprint density at radius 3 is 2.15 bits per heavy atom. The summed E-state index contributed by atoms with van der Waals surface area (Å²) in [6, 6.07) is 6.58. The molecule has 20 heavy (non-hydrogen) atoms. The van der Waals surface area contributed by atoms with Gasteiger partial charge in [-0.1, -0.05) is 32.4 Å². The van der Waals surface area contributed by atoms with Crippen LogP contribution >= 0.6 is 0 Å². The van der Waals surface area contributed by atoms with E-state index in [0.29, 0.717) is 0 Å². The Labute approximate surface area is 120 Å². The van der Waals surface area contributed by atoms with Crippen LogP contribution in [0.2, 0.25) is 0 Å². The lowest BCUT2D eigenvalue weighted by molar-refractivity contribution is 0.0263. The van der Waals surface area contributed by atoms with E-state index in [1.165, 1.54) is 0 Å². The Morgan fingerprint density at radius 1 is 1.05 bits per heavy atom. The fourth-order valence-corrected chi connectivity index (χ4v) is 1.93. The quantitative estimate of drug-likeness (QED) is 0.715. The van der Waals surface area contributed by atoms with E-state index in [9.17, 15) is 9.59 Å². The lowest BCUT2D eigenvalue weighted by Gasteiger charge is -2.16. The Bertz CT molecular complexity index is 454. The summed E-state index contributed by atoms with van der Waals surface area (Å²) in [7, 11) is 0. The zero-order chi connectivity index (χ0) is 15.0. The van der Waals surface area contributed by atoms with Crippen LogP contribution in [-0.2, 0) is 9.47 Å². The molecule has 0 aliphatic heterocycles. The molecule has 0 amide bonds.